The standard InChI is InChI=1S/C25H30N4O2/c1-4-7-23-26-16-20(22-14-18(3)28-31-22)25(27-23)21-8-5-6-13-29(21)24(30)15-19-11-9-17(2)10-12-19/h9-12,14,16,21H,4-8,13,15H2,1-3H3. The van der Waals surface area contributed by atoms with Crippen molar-refractivity contribution in [2.24, 2.45) is 0 Å². The maximum atomic E-state index is 13.3. The highest BCUT2D eigenvalue weighted by Crippen LogP contribution is 2.36. The summed E-state index contributed by atoms with van der Waals surface area (Å²) >= 11 is 0. The lowest BCUT2D eigenvalue weighted by Gasteiger charge is -2.36. The summed E-state index contributed by atoms with van der Waals surface area (Å²) in [5.41, 5.74) is 4.77. The SMILES string of the molecule is CCCc1ncc(-c2cc(C)no2)c(C2CCCCN2C(=O)Cc2ccc(C)cc2)n1. The van der Waals surface area contributed by atoms with Gasteiger partial charge in [0.05, 0.1) is 29.4 Å². The minimum Gasteiger partial charge on any atom is -0.356 e. The molecule has 4 rings (SSSR count). The van der Waals surface area contributed by atoms with Gasteiger partial charge in [-0.25, -0.2) is 9.97 Å². The van der Waals surface area contributed by atoms with E-state index in [1.807, 2.05) is 36.2 Å². The van der Waals surface area contributed by atoms with Gasteiger partial charge in [0, 0.05) is 25.2 Å². The van der Waals surface area contributed by atoms with Gasteiger partial charge in [-0.15, -0.1) is 0 Å². The van der Waals surface area contributed by atoms with Gasteiger partial charge in [-0.2, -0.15) is 0 Å². The topological polar surface area (TPSA) is 72.1 Å². The monoisotopic (exact) mass is 418 g/mol. The minimum absolute atomic E-state index is 0.0780. The predicted molar refractivity (Wildman–Crippen MR) is 119 cm³/mol. The van der Waals surface area contributed by atoms with E-state index in [1.165, 1.54) is 5.56 Å². The van der Waals surface area contributed by atoms with Crippen LogP contribution in [0.15, 0.2) is 41.1 Å². The fourth-order valence-electron chi connectivity index (χ4n) is 4.21. The number of hydrogen-bond acceptors (Lipinski definition) is 5. The molecule has 6 heteroatoms. The number of piperidine rings is 1. The molecule has 3 heterocycles. The number of carbonyl (C=O) groups is 1. The molecule has 31 heavy (non-hydrogen) atoms. The maximum absolute atomic E-state index is 13.3. The van der Waals surface area contributed by atoms with Crippen molar-refractivity contribution in [3.05, 3.63) is 64.9 Å². The van der Waals surface area contributed by atoms with E-state index in [0.29, 0.717) is 12.2 Å². The molecule has 1 aliphatic heterocycles. The highest BCUT2D eigenvalue weighted by Gasteiger charge is 2.32. The third kappa shape index (κ3) is 4.84. The van der Waals surface area contributed by atoms with Gasteiger partial charge in [-0.05, 0) is 45.1 Å². The van der Waals surface area contributed by atoms with E-state index < -0.39 is 0 Å². The van der Waals surface area contributed by atoms with Crippen LogP contribution in [0.2, 0.25) is 0 Å². The first-order valence-electron chi connectivity index (χ1n) is 11.2. The Kier molecular flexibility index (Phi) is 6.44. The van der Waals surface area contributed by atoms with Crippen LogP contribution in [0.1, 0.15) is 67.0 Å². The zero-order valence-electron chi connectivity index (χ0n) is 18.6. The fraction of sp³-hybridized carbons (Fsp3) is 0.440. The first kappa shape index (κ1) is 21.2. The van der Waals surface area contributed by atoms with E-state index >= 15 is 0 Å². The molecule has 0 saturated carbocycles. The van der Waals surface area contributed by atoms with Crippen molar-refractivity contribution in [1.82, 2.24) is 20.0 Å². The van der Waals surface area contributed by atoms with Crippen LogP contribution in [0.5, 0.6) is 0 Å². The number of hydrogen-bond donors (Lipinski definition) is 0. The molecular formula is C25H30N4O2. The van der Waals surface area contributed by atoms with Crippen molar-refractivity contribution >= 4 is 5.91 Å². The van der Waals surface area contributed by atoms with Crippen LogP contribution >= 0.6 is 0 Å². The Morgan fingerprint density at radius 3 is 2.71 bits per heavy atom. The zero-order valence-corrected chi connectivity index (χ0v) is 18.6. The molecule has 0 bridgehead atoms. The van der Waals surface area contributed by atoms with Crippen LogP contribution in [0, 0.1) is 13.8 Å². The number of rotatable bonds is 6. The van der Waals surface area contributed by atoms with Gasteiger partial charge in [0.2, 0.25) is 5.91 Å². The summed E-state index contributed by atoms with van der Waals surface area (Å²) in [6.07, 6.45) is 7.00. The molecule has 1 aliphatic rings. The summed E-state index contributed by atoms with van der Waals surface area (Å²) in [4.78, 5) is 24.8. The molecule has 0 aliphatic carbocycles. The summed E-state index contributed by atoms with van der Waals surface area (Å²) in [6.45, 7) is 6.82. The lowest BCUT2D eigenvalue weighted by atomic mass is 9.94. The molecule has 1 amide bonds. The van der Waals surface area contributed by atoms with Crippen LogP contribution in [0.25, 0.3) is 11.3 Å². The van der Waals surface area contributed by atoms with E-state index in [1.54, 1.807) is 0 Å². The second kappa shape index (κ2) is 9.41. The minimum atomic E-state index is -0.0780. The third-order valence-corrected chi connectivity index (χ3v) is 5.85. The molecule has 0 spiro atoms. The number of nitrogens with zero attached hydrogens (tertiary/aromatic N) is 4. The predicted octanol–water partition coefficient (Wildman–Crippen LogP) is 5.00. The maximum Gasteiger partial charge on any atom is 0.227 e. The van der Waals surface area contributed by atoms with Gasteiger partial charge in [-0.1, -0.05) is 41.9 Å². The van der Waals surface area contributed by atoms with Crippen LogP contribution in [0.4, 0.5) is 0 Å². The molecule has 162 valence electrons. The van der Waals surface area contributed by atoms with Crippen LogP contribution in [-0.4, -0.2) is 32.5 Å². The van der Waals surface area contributed by atoms with E-state index in [2.05, 4.69) is 36.1 Å². The Morgan fingerprint density at radius 1 is 1.19 bits per heavy atom. The Hall–Kier alpha value is -3.02. The molecule has 0 radical (unpaired) electrons. The normalized spacial score (nSPS) is 16.5. The van der Waals surface area contributed by atoms with Gasteiger partial charge in [-0.3, -0.25) is 4.79 Å². The molecule has 6 nitrogen and oxygen atoms in total. The van der Waals surface area contributed by atoms with Crippen LogP contribution in [0.3, 0.4) is 0 Å². The summed E-state index contributed by atoms with van der Waals surface area (Å²) in [7, 11) is 0. The van der Waals surface area contributed by atoms with Crippen LogP contribution in [-0.2, 0) is 17.6 Å². The highest BCUT2D eigenvalue weighted by atomic mass is 16.5. The van der Waals surface area contributed by atoms with Crippen molar-refractivity contribution in [2.45, 2.75) is 65.3 Å². The summed E-state index contributed by atoms with van der Waals surface area (Å²) in [5.74, 6) is 1.62. The van der Waals surface area contributed by atoms with E-state index in [-0.39, 0.29) is 11.9 Å². The van der Waals surface area contributed by atoms with Gasteiger partial charge >= 0.3 is 0 Å². The Labute approximate surface area is 183 Å². The van der Waals surface area contributed by atoms with Gasteiger partial charge in [0.15, 0.2) is 5.76 Å². The summed E-state index contributed by atoms with van der Waals surface area (Å²) in [5, 5.41) is 4.04. The molecule has 1 unspecified atom stereocenters. The van der Waals surface area contributed by atoms with E-state index in [4.69, 9.17) is 9.51 Å². The molecule has 1 aromatic carbocycles. The van der Waals surface area contributed by atoms with E-state index in [0.717, 1.165) is 67.0 Å². The van der Waals surface area contributed by atoms with Crippen LogP contribution < -0.4 is 0 Å². The smallest absolute Gasteiger partial charge is 0.227 e. The highest BCUT2D eigenvalue weighted by molar-refractivity contribution is 5.79. The Bertz CT molecular complexity index is 1040. The first-order valence-corrected chi connectivity index (χ1v) is 11.2. The lowest BCUT2D eigenvalue weighted by Crippen LogP contribution is -2.40. The van der Waals surface area contributed by atoms with Crippen molar-refractivity contribution in [3.63, 3.8) is 0 Å². The molecule has 1 saturated heterocycles. The molecule has 2 aromatic heterocycles. The number of aryl methyl sites for hydroxylation is 3. The molecule has 0 N–H and O–H groups in total. The number of amides is 1. The largest absolute Gasteiger partial charge is 0.356 e. The molecule has 1 atom stereocenters. The number of likely N-dealkylation sites (tertiary alicyclic amines) is 1. The molecule has 3 aromatic rings. The second-order valence-corrected chi connectivity index (χ2v) is 8.43. The van der Waals surface area contributed by atoms with Gasteiger partial charge in [0.25, 0.3) is 0 Å². The average Bonchev–Trinajstić information content (AvgIpc) is 3.21. The molecular weight excluding hydrogens is 388 g/mol. The van der Waals surface area contributed by atoms with Crippen molar-refractivity contribution in [3.8, 4) is 11.3 Å². The number of aromatic nitrogens is 3. The average molecular weight is 419 g/mol. The van der Waals surface area contributed by atoms with Gasteiger partial charge < -0.3 is 9.42 Å². The molecule has 1 fully saturated rings. The van der Waals surface area contributed by atoms with E-state index in [9.17, 15) is 4.79 Å². The third-order valence-electron chi connectivity index (χ3n) is 5.85. The zero-order chi connectivity index (χ0) is 21.8. The summed E-state index contributed by atoms with van der Waals surface area (Å²) in [6, 6.07) is 10.0. The second-order valence-electron chi connectivity index (χ2n) is 8.43. The summed E-state index contributed by atoms with van der Waals surface area (Å²) < 4.78 is 5.55. The quantitative estimate of drug-likeness (QED) is 0.563. The lowest BCUT2D eigenvalue weighted by molar-refractivity contribution is -0.134. The fourth-order valence-corrected chi connectivity index (χ4v) is 4.21. The van der Waals surface area contributed by atoms with Gasteiger partial charge in [0.1, 0.15) is 5.82 Å². The van der Waals surface area contributed by atoms with Crippen molar-refractivity contribution < 1.29 is 9.32 Å². The first-order chi connectivity index (χ1) is 15.0. The Balaban J connectivity index is 1.68. The van der Waals surface area contributed by atoms with Crippen molar-refractivity contribution in [2.75, 3.05) is 6.54 Å². The number of benzene rings is 1. The number of carbonyl (C=O) groups excluding carboxylic acids is 1. The van der Waals surface area contributed by atoms with Crippen molar-refractivity contribution in [1.29, 1.82) is 0 Å². The Morgan fingerprint density at radius 2 is 2.00 bits per heavy atom.